The minimum Gasteiger partial charge on any atom is -0.461 e. The lowest BCUT2D eigenvalue weighted by Crippen LogP contribution is -2.46. The monoisotopic (exact) mass is 908 g/mol. The van der Waals surface area contributed by atoms with E-state index in [2.05, 4.69) is 92.9 Å². The molecule has 0 radical (unpaired) electrons. The zero-order chi connectivity index (χ0) is 47.4. The zero-order valence-corrected chi connectivity index (χ0v) is 42.9. The van der Waals surface area contributed by atoms with E-state index in [0.717, 1.165) is 77.0 Å². The third-order valence-corrected chi connectivity index (χ3v) is 12.3. The summed E-state index contributed by atoms with van der Waals surface area (Å²) < 4.78 is 5.88. The number of allylic oxidation sites excluding steroid dienone is 11. The molecule has 0 aromatic rings. The van der Waals surface area contributed by atoms with E-state index >= 15 is 0 Å². The maximum absolute atomic E-state index is 13.2. The number of carbonyl (C=O) groups excluding carboxylic acids is 2. The molecule has 3 unspecified atom stereocenters. The van der Waals surface area contributed by atoms with Gasteiger partial charge in [-0.3, -0.25) is 9.59 Å². The number of unbranched alkanes of at least 4 members (excludes halogenated alkanes) is 26. The largest absolute Gasteiger partial charge is 0.461 e. The minimum atomic E-state index is -0.815. The summed E-state index contributed by atoms with van der Waals surface area (Å²) in [6.07, 6.45) is 67.0. The lowest BCUT2D eigenvalue weighted by molar-refractivity contribution is -0.150. The van der Waals surface area contributed by atoms with Gasteiger partial charge in [0.15, 0.2) is 0 Å². The quantitative estimate of drug-likeness (QED) is 0.0321. The second-order valence-corrected chi connectivity index (χ2v) is 18.6. The van der Waals surface area contributed by atoms with Gasteiger partial charge >= 0.3 is 5.97 Å². The van der Waals surface area contributed by atoms with Crippen molar-refractivity contribution in [1.82, 2.24) is 5.32 Å². The molecule has 0 aliphatic heterocycles. The molecule has 0 aliphatic carbocycles. The van der Waals surface area contributed by atoms with Crippen LogP contribution < -0.4 is 5.32 Å². The second kappa shape index (κ2) is 52.3. The first-order valence-corrected chi connectivity index (χ1v) is 27.7. The van der Waals surface area contributed by atoms with Crippen molar-refractivity contribution in [3.63, 3.8) is 0 Å². The van der Waals surface area contributed by atoms with Crippen LogP contribution in [0.2, 0.25) is 0 Å². The first-order valence-electron chi connectivity index (χ1n) is 27.7. The van der Waals surface area contributed by atoms with Crippen LogP contribution in [0.5, 0.6) is 0 Å². The van der Waals surface area contributed by atoms with Crippen molar-refractivity contribution < 1.29 is 24.5 Å². The molecule has 6 nitrogen and oxygen atoms in total. The minimum absolute atomic E-state index is 0.00324. The van der Waals surface area contributed by atoms with Gasteiger partial charge in [-0.15, -0.1) is 0 Å². The van der Waals surface area contributed by atoms with E-state index in [1.54, 1.807) is 0 Å². The standard InChI is InChI=1S/C59H105NO5/c1-4-7-10-13-16-19-22-25-28-29-31-33-36-39-42-45-48-51-57(62)56(54-61)60-58(63)53-55(50-47-44-41-38-35-32-30-26-23-20-17-14-11-8-5-2)65-59(64)52-49-46-43-40-37-34-27-24-21-18-15-12-9-6-3/h9,12,17-18,20-21,26,30,35,38,44,47,55-57,61-62H,4-8,10-11,13-16,19,22-25,27-29,31-34,36-37,39-43,45-46,48-54H2,1-3H3,(H,60,63)/b12-9+,20-17-,21-18+,30-26-,38-35-,47-44-. The van der Waals surface area contributed by atoms with E-state index in [1.165, 1.54) is 141 Å². The van der Waals surface area contributed by atoms with Crippen molar-refractivity contribution >= 4 is 11.9 Å². The highest BCUT2D eigenvalue weighted by atomic mass is 16.5. The van der Waals surface area contributed by atoms with Gasteiger partial charge in [0.05, 0.1) is 25.2 Å². The molecule has 0 aromatic heterocycles. The normalized spacial score (nSPS) is 13.7. The van der Waals surface area contributed by atoms with Crippen molar-refractivity contribution in [2.24, 2.45) is 0 Å². The molecule has 0 saturated heterocycles. The number of nitrogens with one attached hydrogen (secondary N) is 1. The Morgan fingerprint density at radius 1 is 0.477 bits per heavy atom. The number of esters is 1. The van der Waals surface area contributed by atoms with E-state index in [9.17, 15) is 19.8 Å². The Labute approximate surface area is 402 Å². The van der Waals surface area contributed by atoms with Crippen LogP contribution >= 0.6 is 0 Å². The molecule has 0 bridgehead atoms. The summed E-state index contributed by atoms with van der Waals surface area (Å²) in [5, 5.41) is 23.8. The first kappa shape index (κ1) is 62.3. The highest BCUT2D eigenvalue weighted by Gasteiger charge is 2.23. The Bertz CT molecular complexity index is 1200. The van der Waals surface area contributed by atoms with Gasteiger partial charge in [0.1, 0.15) is 6.10 Å². The predicted molar refractivity (Wildman–Crippen MR) is 282 cm³/mol. The lowest BCUT2D eigenvalue weighted by Gasteiger charge is -2.24. The molecule has 0 saturated carbocycles. The molecule has 3 N–H and O–H groups in total. The Kier molecular flexibility index (Phi) is 50.1. The fourth-order valence-corrected chi connectivity index (χ4v) is 8.10. The molecule has 6 heteroatoms. The Hall–Kier alpha value is -2.70. The zero-order valence-electron chi connectivity index (χ0n) is 42.9. The number of rotatable bonds is 49. The van der Waals surface area contributed by atoms with E-state index < -0.39 is 18.2 Å². The van der Waals surface area contributed by atoms with Crippen molar-refractivity contribution in [2.45, 2.75) is 283 Å². The highest BCUT2D eigenvalue weighted by molar-refractivity contribution is 5.77. The number of aliphatic hydroxyl groups excluding tert-OH is 2. The third kappa shape index (κ3) is 47.6. The molecular weight excluding hydrogens is 803 g/mol. The van der Waals surface area contributed by atoms with Crippen molar-refractivity contribution in [1.29, 1.82) is 0 Å². The summed E-state index contributed by atoms with van der Waals surface area (Å²) in [6, 6.07) is -0.735. The molecule has 0 aromatic carbocycles. The molecule has 0 fully saturated rings. The molecule has 3 atom stereocenters. The molecule has 1 amide bonds. The maximum Gasteiger partial charge on any atom is 0.306 e. The summed E-state index contributed by atoms with van der Waals surface area (Å²) in [5.74, 6) is -0.584. The smallest absolute Gasteiger partial charge is 0.306 e. The summed E-state index contributed by atoms with van der Waals surface area (Å²) in [5.41, 5.74) is 0. The van der Waals surface area contributed by atoms with Crippen LogP contribution in [0.15, 0.2) is 72.9 Å². The number of amides is 1. The van der Waals surface area contributed by atoms with E-state index in [4.69, 9.17) is 4.74 Å². The first-order chi connectivity index (χ1) is 32.0. The average molecular weight is 908 g/mol. The fraction of sp³-hybridized carbons (Fsp3) is 0.763. The number of hydrogen-bond donors (Lipinski definition) is 3. The van der Waals surface area contributed by atoms with E-state index in [1.807, 2.05) is 6.08 Å². The van der Waals surface area contributed by atoms with Gasteiger partial charge in [0.25, 0.3) is 0 Å². The summed E-state index contributed by atoms with van der Waals surface area (Å²) >= 11 is 0. The molecular formula is C59H105NO5. The molecule has 0 heterocycles. The number of carbonyl (C=O) groups is 2. The van der Waals surface area contributed by atoms with Crippen LogP contribution in [-0.2, 0) is 14.3 Å². The van der Waals surface area contributed by atoms with Gasteiger partial charge in [0, 0.05) is 12.8 Å². The Morgan fingerprint density at radius 2 is 0.862 bits per heavy atom. The van der Waals surface area contributed by atoms with Crippen LogP contribution in [0, 0.1) is 0 Å². The second-order valence-electron chi connectivity index (χ2n) is 18.6. The van der Waals surface area contributed by atoms with Gasteiger partial charge in [-0.05, 0) is 70.6 Å². The SMILES string of the molecule is CC/C=C/C/C=C/CCCCCCCCCC(=O)OC(C/C=C\C/C=C\C/C=C\C/C=C\CCCCC)CC(=O)NC(CO)C(O)CCCCCCCCCCCCCCCCCCC. The van der Waals surface area contributed by atoms with Gasteiger partial charge in [-0.1, -0.05) is 248 Å². The third-order valence-electron chi connectivity index (χ3n) is 12.3. The molecule has 0 spiro atoms. The molecule has 376 valence electrons. The maximum atomic E-state index is 13.2. The van der Waals surface area contributed by atoms with Crippen molar-refractivity contribution in [2.75, 3.05) is 6.61 Å². The van der Waals surface area contributed by atoms with Crippen LogP contribution in [0.25, 0.3) is 0 Å². The van der Waals surface area contributed by atoms with Gasteiger partial charge in [-0.25, -0.2) is 0 Å². The van der Waals surface area contributed by atoms with E-state index in [-0.39, 0.29) is 24.9 Å². The van der Waals surface area contributed by atoms with Crippen molar-refractivity contribution in [3.05, 3.63) is 72.9 Å². The average Bonchev–Trinajstić information content (AvgIpc) is 3.30. The molecule has 65 heavy (non-hydrogen) atoms. The molecule has 0 rings (SSSR count). The van der Waals surface area contributed by atoms with Crippen LogP contribution in [-0.4, -0.2) is 46.9 Å². The Balaban J connectivity index is 4.65. The van der Waals surface area contributed by atoms with Gasteiger partial charge in [0.2, 0.25) is 5.91 Å². The topological polar surface area (TPSA) is 95.9 Å². The number of aliphatic hydroxyl groups is 2. The summed E-state index contributed by atoms with van der Waals surface area (Å²) in [6.45, 7) is 6.34. The summed E-state index contributed by atoms with van der Waals surface area (Å²) in [7, 11) is 0. The Morgan fingerprint density at radius 3 is 1.34 bits per heavy atom. The van der Waals surface area contributed by atoms with Gasteiger partial charge in [-0.2, -0.15) is 0 Å². The van der Waals surface area contributed by atoms with Crippen molar-refractivity contribution in [3.8, 4) is 0 Å². The highest BCUT2D eigenvalue weighted by Crippen LogP contribution is 2.17. The van der Waals surface area contributed by atoms with Crippen LogP contribution in [0.4, 0.5) is 0 Å². The lowest BCUT2D eigenvalue weighted by atomic mass is 10.0. The number of ether oxygens (including phenoxy) is 1. The summed E-state index contributed by atoms with van der Waals surface area (Å²) in [4.78, 5) is 26.2. The van der Waals surface area contributed by atoms with Gasteiger partial charge < -0.3 is 20.3 Å². The molecule has 0 aliphatic rings. The fourth-order valence-electron chi connectivity index (χ4n) is 8.10. The predicted octanol–water partition coefficient (Wildman–Crippen LogP) is 17.0. The van der Waals surface area contributed by atoms with Crippen LogP contribution in [0.1, 0.15) is 265 Å². The number of hydrogen-bond acceptors (Lipinski definition) is 5. The van der Waals surface area contributed by atoms with E-state index in [0.29, 0.717) is 19.3 Å². The van der Waals surface area contributed by atoms with Crippen LogP contribution in [0.3, 0.4) is 0 Å².